The van der Waals surface area contributed by atoms with Gasteiger partial charge in [0, 0.05) is 25.3 Å². The lowest BCUT2D eigenvalue weighted by Gasteiger charge is -2.29. The van der Waals surface area contributed by atoms with Crippen molar-refractivity contribution in [1.82, 2.24) is 0 Å². The maximum atomic E-state index is 11.9. The van der Waals surface area contributed by atoms with Crippen LogP contribution in [-0.4, -0.2) is 24.2 Å². The van der Waals surface area contributed by atoms with E-state index in [-0.39, 0.29) is 12.5 Å². The van der Waals surface area contributed by atoms with Gasteiger partial charge in [-0.2, -0.15) is 0 Å². The molecule has 3 nitrogen and oxygen atoms in total. The molecule has 17 heavy (non-hydrogen) atoms. The predicted octanol–water partition coefficient (Wildman–Crippen LogP) is 2.13. The second-order valence-corrected chi connectivity index (χ2v) is 4.46. The Hall–Kier alpha value is -1.35. The zero-order chi connectivity index (χ0) is 12.1. The molecule has 0 saturated heterocycles. The second kappa shape index (κ2) is 5.82. The summed E-state index contributed by atoms with van der Waals surface area (Å²) in [7, 11) is 0. The van der Waals surface area contributed by atoms with Gasteiger partial charge in [0.2, 0.25) is 5.91 Å². The van der Waals surface area contributed by atoms with Crippen molar-refractivity contribution in [1.29, 1.82) is 0 Å². The highest BCUT2D eigenvalue weighted by molar-refractivity contribution is 5.96. The van der Waals surface area contributed by atoms with Gasteiger partial charge in [-0.3, -0.25) is 4.79 Å². The van der Waals surface area contributed by atoms with Gasteiger partial charge >= 0.3 is 0 Å². The van der Waals surface area contributed by atoms with E-state index in [0.29, 0.717) is 6.42 Å². The smallest absolute Gasteiger partial charge is 0.227 e. The first-order valence-electron chi connectivity index (χ1n) is 6.32. The SMILES string of the molecule is O=C1CCc2ccccc2N1CCCCCO. The Kier molecular flexibility index (Phi) is 4.15. The van der Waals surface area contributed by atoms with Crippen molar-refractivity contribution in [2.45, 2.75) is 32.1 Å². The van der Waals surface area contributed by atoms with E-state index in [2.05, 4.69) is 6.07 Å². The Morgan fingerprint density at radius 1 is 1.12 bits per heavy atom. The van der Waals surface area contributed by atoms with Gasteiger partial charge in [-0.15, -0.1) is 0 Å². The molecule has 0 bridgehead atoms. The summed E-state index contributed by atoms with van der Waals surface area (Å²) < 4.78 is 0. The summed E-state index contributed by atoms with van der Waals surface area (Å²) in [5.74, 6) is 0.229. The van der Waals surface area contributed by atoms with Crippen LogP contribution in [-0.2, 0) is 11.2 Å². The van der Waals surface area contributed by atoms with Crippen molar-refractivity contribution in [2.75, 3.05) is 18.1 Å². The highest BCUT2D eigenvalue weighted by Gasteiger charge is 2.22. The Bertz CT molecular complexity index is 390. The molecule has 3 heteroatoms. The number of para-hydroxylation sites is 1. The van der Waals surface area contributed by atoms with Crippen molar-refractivity contribution >= 4 is 11.6 Å². The molecular weight excluding hydrogens is 214 g/mol. The topological polar surface area (TPSA) is 40.5 Å². The standard InChI is InChI=1S/C14H19NO2/c16-11-5-1-4-10-15-13-7-3-2-6-12(13)8-9-14(15)17/h2-3,6-7,16H,1,4-5,8-11H2. The number of carbonyl (C=O) groups excluding carboxylic acids is 1. The molecule has 0 aromatic heterocycles. The molecule has 0 fully saturated rings. The van der Waals surface area contributed by atoms with Gasteiger partial charge in [0.1, 0.15) is 0 Å². The zero-order valence-corrected chi connectivity index (χ0v) is 10.1. The van der Waals surface area contributed by atoms with Gasteiger partial charge in [0.15, 0.2) is 0 Å². The molecule has 0 atom stereocenters. The molecule has 0 saturated carbocycles. The average Bonchev–Trinajstić information content (AvgIpc) is 2.37. The lowest BCUT2D eigenvalue weighted by Crippen LogP contribution is -2.35. The third-order valence-corrected chi connectivity index (χ3v) is 3.23. The van der Waals surface area contributed by atoms with Crippen LogP contribution in [0.2, 0.25) is 0 Å². The van der Waals surface area contributed by atoms with Crippen LogP contribution < -0.4 is 4.90 Å². The molecule has 1 heterocycles. The minimum Gasteiger partial charge on any atom is -0.396 e. The number of nitrogens with zero attached hydrogens (tertiary/aromatic N) is 1. The maximum absolute atomic E-state index is 11.9. The minimum absolute atomic E-state index is 0.229. The number of benzene rings is 1. The molecule has 1 aliphatic rings. The number of aryl methyl sites for hydroxylation is 1. The number of unbranched alkanes of at least 4 members (excludes halogenated alkanes) is 2. The lowest BCUT2D eigenvalue weighted by atomic mass is 10.0. The molecule has 2 rings (SSSR count). The van der Waals surface area contributed by atoms with E-state index in [0.717, 1.165) is 37.9 Å². The van der Waals surface area contributed by atoms with Crippen LogP contribution in [0.15, 0.2) is 24.3 Å². The Morgan fingerprint density at radius 2 is 1.94 bits per heavy atom. The molecule has 92 valence electrons. The first-order valence-corrected chi connectivity index (χ1v) is 6.32. The van der Waals surface area contributed by atoms with Crippen molar-refractivity contribution in [2.24, 2.45) is 0 Å². The summed E-state index contributed by atoms with van der Waals surface area (Å²) in [5, 5.41) is 8.73. The van der Waals surface area contributed by atoms with Crippen molar-refractivity contribution in [3.8, 4) is 0 Å². The van der Waals surface area contributed by atoms with Crippen molar-refractivity contribution < 1.29 is 9.90 Å². The monoisotopic (exact) mass is 233 g/mol. The maximum Gasteiger partial charge on any atom is 0.227 e. The van der Waals surface area contributed by atoms with Gasteiger partial charge < -0.3 is 10.0 Å². The average molecular weight is 233 g/mol. The van der Waals surface area contributed by atoms with E-state index in [1.807, 2.05) is 23.1 Å². The van der Waals surface area contributed by atoms with Gasteiger partial charge in [-0.05, 0) is 37.3 Å². The molecule has 0 unspecified atom stereocenters. The first-order chi connectivity index (χ1) is 8.33. The summed E-state index contributed by atoms with van der Waals surface area (Å²) >= 11 is 0. The number of amides is 1. The number of aliphatic hydroxyl groups is 1. The van der Waals surface area contributed by atoms with E-state index in [9.17, 15) is 4.79 Å². The molecule has 0 spiro atoms. The lowest BCUT2D eigenvalue weighted by molar-refractivity contribution is -0.118. The summed E-state index contributed by atoms with van der Waals surface area (Å²) in [6.07, 6.45) is 4.24. The molecule has 1 aliphatic heterocycles. The highest BCUT2D eigenvalue weighted by Crippen LogP contribution is 2.27. The van der Waals surface area contributed by atoms with Crippen molar-refractivity contribution in [3.05, 3.63) is 29.8 Å². The van der Waals surface area contributed by atoms with E-state index >= 15 is 0 Å². The fourth-order valence-corrected chi connectivity index (χ4v) is 2.30. The Morgan fingerprint density at radius 3 is 2.76 bits per heavy atom. The molecule has 1 aromatic carbocycles. The number of aliphatic hydroxyl groups excluding tert-OH is 1. The second-order valence-electron chi connectivity index (χ2n) is 4.46. The zero-order valence-electron chi connectivity index (χ0n) is 10.1. The third kappa shape index (κ3) is 2.86. The summed E-state index contributed by atoms with van der Waals surface area (Å²) in [4.78, 5) is 13.8. The molecule has 1 N–H and O–H groups in total. The third-order valence-electron chi connectivity index (χ3n) is 3.23. The Balaban J connectivity index is 2.02. The number of fused-ring (bicyclic) bond motifs is 1. The van der Waals surface area contributed by atoms with Crippen LogP contribution in [0.5, 0.6) is 0 Å². The molecule has 1 aromatic rings. The summed E-state index contributed by atoms with van der Waals surface area (Å²) in [5.41, 5.74) is 2.35. The van der Waals surface area contributed by atoms with Gasteiger partial charge in [-0.25, -0.2) is 0 Å². The van der Waals surface area contributed by atoms with Crippen LogP contribution in [0.4, 0.5) is 5.69 Å². The number of rotatable bonds is 5. The molecule has 0 radical (unpaired) electrons. The van der Waals surface area contributed by atoms with Gasteiger partial charge in [-0.1, -0.05) is 18.2 Å². The normalized spacial score (nSPS) is 14.9. The largest absolute Gasteiger partial charge is 0.396 e. The van der Waals surface area contributed by atoms with Gasteiger partial charge in [0.25, 0.3) is 0 Å². The van der Waals surface area contributed by atoms with Crippen LogP contribution in [0.1, 0.15) is 31.2 Å². The fourth-order valence-electron chi connectivity index (χ4n) is 2.30. The van der Waals surface area contributed by atoms with Gasteiger partial charge in [0.05, 0.1) is 0 Å². The van der Waals surface area contributed by atoms with E-state index < -0.39 is 0 Å². The number of carbonyl (C=O) groups is 1. The summed E-state index contributed by atoms with van der Waals surface area (Å²) in [6.45, 7) is 1.01. The first kappa shape index (κ1) is 12.1. The van der Waals surface area contributed by atoms with E-state index in [4.69, 9.17) is 5.11 Å². The predicted molar refractivity (Wildman–Crippen MR) is 68.1 cm³/mol. The number of anilines is 1. The van der Waals surface area contributed by atoms with E-state index in [1.54, 1.807) is 0 Å². The van der Waals surface area contributed by atoms with Crippen LogP contribution in [0, 0.1) is 0 Å². The van der Waals surface area contributed by atoms with Crippen LogP contribution in [0.3, 0.4) is 0 Å². The van der Waals surface area contributed by atoms with Crippen LogP contribution >= 0.6 is 0 Å². The van der Waals surface area contributed by atoms with Crippen LogP contribution in [0.25, 0.3) is 0 Å². The number of hydrogen-bond donors (Lipinski definition) is 1. The minimum atomic E-state index is 0.229. The number of hydrogen-bond acceptors (Lipinski definition) is 2. The molecular formula is C14H19NO2. The fraction of sp³-hybridized carbons (Fsp3) is 0.500. The highest BCUT2D eigenvalue weighted by atomic mass is 16.2. The quantitative estimate of drug-likeness (QED) is 0.791. The molecule has 1 amide bonds. The van der Waals surface area contributed by atoms with Crippen molar-refractivity contribution in [3.63, 3.8) is 0 Å². The molecule has 0 aliphatic carbocycles. The Labute approximate surface area is 102 Å². The summed E-state index contributed by atoms with van der Waals surface area (Å²) in [6, 6.07) is 8.14. The van der Waals surface area contributed by atoms with E-state index in [1.165, 1.54) is 5.56 Å².